The summed E-state index contributed by atoms with van der Waals surface area (Å²) >= 11 is 6.00. The molecule has 0 bridgehead atoms. The number of allylic oxidation sites excluding steroid dienone is 6. The molecule has 0 saturated carbocycles. The predicted octanol–water partition coefficient (Wildman–Crippen LogP) is 4.58. The van der Waals surface area contributed by atoms with Crippen molar-refractivity contribution in [3.8, 4) is 0 Å². The van der Waals surface area contributed by atoms with Gasteiger partial charge in [-0.1, -0.05) is 48.7 Å². The molecule has 0 fully saturated rings. The molecule has 0 atom stereocenters. The molecular weight excluding hydrogens is 180 g/mol. The molecule has 0 aromatic rings. The first-order valence-corrected chi connectivity index (χ1v) is 5.45. The van der Waals surface area contributed by atoms with E-state index in [0.29, 0.717) is 0 Å². The summed E-state index contributed by atoms with van der Waals surface area (Å²) in [5, 5.41) is 0.977. The van der Waals surface area contributed by atoms with Gasteiger partial charge in [0.25, 0.3) is 0 Å². The van der Waals surface area contributed by atoms with E-state index in [9.17, 15) is 0 Å². The van der Waals surface area contributed by atoms with Crippen LogP contribution in [-0.2, 0) is 0 Å². The second-order valence-electron chi connectivity index (χ2n) is 3.38. The molecule has 1 rings (SSSR count). The average molecular weight is 197 g/mol. The zero-order chi connectivity index (χ0) is 9.36. The van der Waals surface area contributed by atoms with Crippen molar-refractivity contribution in [3.63, 3.8) is 0 Å². The van der Waals surface area contributed by atoms with E-state index in [4.69, 9.17) is 11.6 Å². The van der Waals surface area contributed by atoms with Crippen LogP contribution in [0.5, 0.6) is 0 Å². The molecule has 0 aliphatic heterocycles. The van der Waals surface area contributed by atoms with Crippen molar-refractivity contribution in [2.75, 3.05) is 0 Å². The highest BCUT2D eigenvalue weighted by molar-refractivity contribution is 6.29. The molecule has 72 valence electrons. The summed E-state index contributed by atoms with van der Waals surface area (Å²) in [7, 11) is 0. The molecule has 0 amide bonds. The van der Waals surface area contributed by atoms with E-state index in [0.717, 1.165) is 11.5 Å². The van der Waals surface area contributed by atoms with Gasteiger partial charge in [-0.15, -0.1) is 0 Å². The Morgan fingerprint density at radius 2 is 1.77 bits per heavy atom. The minimum Gasteiger partial charge on any atom is -0.0892 e. The van der Waals surface area contributed by atoms with Crippen LogP contribution in [0.2, 0.25) is 0 Å². The summed E-state index contributed by atoms with van der Waals surface area (Å²) in [5.74, 6) is 0. The van der Waals surface area contributed by atoms with E-state index in [1.165, 1.54) is 32.1 Å². The van der Waals surface area contributed by atoms with Crippen LogP contribution < -0.4 is 0 Å². The van der Waals surface area contributed by atoms with Crippen molar-refractivity contribution in [3.05, 3.63) is 35.4 Å². The Morgan fingerprint density at radius 1 is 0.923 bits per heavy atom. The van der Waals surface area contributed by atoms with Gasteiger partial charge in [-0.3, -0.25) is 0 Å². The van der Waals surface area contributed by atoms with Crippen molar-refractivity contribution in [2.45, 2.75) is 38.5 Å². The standard InChI is InChI=1S/C12H17Cl/c13-12-10-8-6-4-2-1-3-5-7-9-11-12/h2,4,6,8,10H,1,3,5,7,9,11H2/b4-2+,8-6-,12-10-. The lowest BCUT2D eigenvalue weighted by Gasteiger charge is -1.99. The van der Waals surface area contributed by atoms with Crippen molar-refractivity contribution in [1.29, 1.82) is 0 Å². The van der Waals surface area contributed by atoms with Gasteiger partial charge < -0.3 is 0 Å². The first kappa shape index (κ1) is 10.6. The van der Waals surface area contributed by atoms with Gasteiger partial charge in [0.1, 0.15) is 0 Å². The van der Waals surface area contributed by atoms with Crippen LogP contribution in [0.1, 0.15) is 38.5 Å². The Labute approximate surface area is 86.0 Å². The summed E-state index contributed by atoms with van der Waals surface area (Å²) in [6, 6.07) is 0. The Bertz CT molecular complexity index is 211. The lowest BCUT2D eigenvalue weighted by atomic mass is 10.1. The monoisotopic (exact) mass is 196 g/mol. The molecule has 0 N–H and O–H groups in total. The smallest absolute Gasteiger partial charge is 0.0181 e. The number of rotatable bonds is 0. The minimum absolute atomic E-state index is 0.977. The molecule has 0 nitrogen and oxygen atoms in total. The van der Waals surface area contributed by atoms with Gasteiger partial charge in [0.05, 0.1) is 0 Å². The fourth-order valence-electron chi connectivity index (χ4n) is 1.39. The fraction of sp³-hybridized carbons (Fsp3) is 0.500. The number of halogens is 1. The first-order chi connectivity index (χ1) is 6.39. The van der Waals surface area contributed by atoms with Crippen LogP contribution in [0.15, 0.2) is 35.4 Å². The minimum atomic E-state index is 0.977. The third-order valence-electron chi connectivity index (χ3n) is 2.17. The fourth-order valence-corrected chi connectivity index (χ4v) is 1.60. The summed E-state index contributed by atoms with van der Waals surface area (Å²) < 4.78 is 0. The second kappa shape index (κ2) is 6.97. The highest BCUT2D eigenvalue weighted by Crippen LogP contribution is 2.14. The number of hydrogen-bond donors (Lipinski definition) is 0. The van der Waals surface area contributed by atoms with Crippen molar-refractivity contribution in [2.24, 2.45) is 0 Å². The zero-order valence-corrected chi connectivity index (χ0v) is 8.76. The van der Waals surface area contributed by atoms with Crippen LogP contribution in [0.4, 0.5) is 0 Å². The maximum atomic E-state index is 6.00. The van der Waals surface area contributed by atoms with Gasteiger partial charge in [0.2, 0.25) is 0 Å². The highest BCUT2D eigenvalue weighted by Gasteiger charge is 1.93. The summed E-state index contributed by atoms with van der Waals surface area (Å²) in [6.45, 7) is 0. The highest BCUT2D eigenvalue weighted by atomic mass is 35.5. The van der Waals surface area contributed by atoms with E-state index in [1.54, 1.807) is 0 Å². The second-order valence-corrected chi connectivity index (χ2v) is 3.86. The van der Waals surface area contributed by atoms with Crippen molar-refractivity contribution < 1.29 is 0 Å². The van der Waals surface area contributed by atoms with Crippen LogP contribution in [0.25, 0.3) is 0 Å². The van der Waals surface area contributed by atoms with Gasteiger partial charge >= 0.3 is 0 Å². The third-order valence-corrected chi connectivity index (χ3v) is 2.49. The Hall–Kier alpha value is -0.490. The van der Waals surface area contributed by atoms with Gasteiger partial charge in [-0.05, 0) is 31.8 Å². The summed E-state index contributed by atoms with van der Waals surface area (Å²) in [6.07, 6.45) is 17.8. The molecule has 1 aliphatic rings. The van der Waals surface area contributed by atoms with E-state index in [-0.39, 0.29) is 0 Å². The first-order valence-electron chi connectivity index (χ1n) is 5.07. The topological polar surface area (TPSA) is 0 Å². The molecule has 0 aromatic heterocycles. The van der Waals surface area contributed by atoms with Crippen LogP contribution >= 0.6 is 11.6 Å². The third kappa shape index (κ3) is 5.70. The Balaban J connectivity index is 2.45. The van der Waals surface area contributed by atoms with E-state index in [1.807, 2.05) is 18.2 Å². The Kier molecular flexibility index (Phi) is 5.67. The predicted molar refractivity (Wildman–Crippen MR) is 59.9 cm³/mol. The normalized spacial score (nSPS) is 29.2. The van der Waals surface area contributed by atoms with Gasteiger partial charge in [-0.2, -0.15) is 0 Å². The molecule has 1 heteroatoms. The summed E-state index contributed by atoms with van der Waals surface area (Å²) in [5.41, 5.74) is 0. The molecule has 0 unspecified atom stereocenters. The molecule has 1 aliphatic carbocycles. The van der Waals surface area contributed by atoms with Crippen LogP contribution in [0.3, 0.4) is 0 Å². The molecule has 0 aromatic carbocycles. The SMILES string of the molecule is Cl\C1=C/C=C\C=C\CCCCCC1. The van der Waals surface area contributed by atoms with E-state index in [2.05, 4.69) is 12.2 Å². The van der Waals surface area contributed by atoms with Crippen molar-refractivity contribution >= 4 is 11.6 Å². The molecule has 0 saturated heterocycles. The molecule has 0 heterocycles. The largest absolute Gasteiger partial charge is 0.0892 e. The quantitative estimate of drug-likeness (QED) is 0.532. The van der Waals surface area contributed by atoms with Crippen LogP contribution in [0, 0.1) is 0 Å². The van der Waals surface area contributed by atoms with Gasteiger partial charge in [-0.25, -0.2) is 0 Å². The van der Waals surface area contributed by atoms with E-state index >= 15 is 0 Å². The Morgan fingerprint density at radius 3 is 2.69 bits per heavy atom. The number of hydrogen-bond acceptors (Lipinski definition) is 0. The molecule has 0 spiro atoms. The summed E-state index contributed by atoms with van der Waals surface area (Å²) in [4.78, 5) is 0. The molecular formula is C12H17Cl. The van der Waals surface area contributed by atoms with Crippen LogP contribution in [-0.4, -0.2) is 0 Å². The average Bonchev–Trinajstić information content (AvgIpc) is 2.11. The van der Waals surface area contributed by atoms with Crippen molar-refractivity contribution in [1.82, 2.24) is 0 Å². The van der Waals surface area contributed by atoms with Gasteiger partial charge in [0.15, 0.2) is 0 Å². The molecule has 0 radical (unpaired) electrons. The maximum absolute atomic E-state index is 6.00. The molecule has 13 heavy (non-hydrogen) atoms. The lowest BCUT2D eigenvalue weighted by Crippen LogP contribution is -1.79. The van der Waals surface area contributed by atoms with E-state index < -0.39 is 0 Å². The lowest BCUT2D eigenvalue weighted by molar-refractivity contribution is 0.650. The maximum Gasteiger partial charge on any atom is 0.0181 e. The zero-order valence-electron chi connectivity index (χ0n) is 8.01. The van der Waals surface area contributed by atoms with Gasteiger partial charge in [0, 0.05) is 5.03 Å².